The van der Waals surface area contributed by atoms with Crippen LogP contribution in [0.25, 0.3) is 0 Å². The molecule has 0 saturated carbocycles. The van der Waals surface area contributed by atoms with Crippen molar-refractivity contribution in [1.29, 1.82) is 0 Å². The van der Waals surface area contributed by atoms with Gasteiger partial charge in [-0.05, 0) is 44.6 Å². The molecule has 3 saturated heterocycles. The maximum atomic E-state index is 13.7. The number of hydrogen-bond donors (Lipinski definition) is 3. The molecule has 0 radical (unpaired) electrons. The van der Waals surface area contributed by atoms with Gasteiger partial charge < -0.3 is 25.6 Å². The number of Topliss-reactive ketones (excluding diaryl/α,β-unsaturated/α-hetero) is 1. The Morgan fingerprint density at radius 3 is 2.46 bits per heavy atom. The van der Waals surface area contributed by atoms with Gasteiger partial charge in [0.1, 0.15) is 29.8 Å². The summed E-state index contributed by atoms with van der Waals surface area (Å²) in [4.78, 5) is 67.5. The van der Waals surface area contributed by atoms with Crippen molar-refractivity contribution in [3.05, 3.63) is 35.9 Å². The second-order valence-corrected chi connectivity index (χ2v) is 11.0. The largest absolute Gasteiger partial charge is 0.365 e. The first-order chi connectivity index (χ1) is 18.7. The van der Waals surface area contributed by atoms with E-state index in [2.05, 4.69) is 16.0 Å². The number of amides is 4. The van der Waals surface area contributed by atoms with Crippen molar-refractivity contribution >= 4 is 29.4 Å². The Bertz CT molecular complexity index is 1070. The van der Waals surface area contributed by atoms with Crippen LogP contribution in [0.1, 0.15) is 70.8 Å². The molecule has 0 spiro atoms. The van der Waals surface area contributed by atoms with Gasteiger partial charge in [-0.1, -0.05) is 50.1 Å². The van der Waals surface area contributed by atoms with Crippen LogP contribution in [-0.4, -0.2) is 77.2 Å². The summed E-state index contributed by atoms with van der Waals surface area (Å²) < 4.78 is 5.02. The highest BCUT2D eigenvalue weighted by Crippen LogP contribution is 2.22. The van der Waals surface area contributed by atoms with Gasteiger partial charge in [-0.25, -0.2) is 0 Å². The summed E-state index contributed by atoms with van der Waals surface area (Å²) in [5.41, 5.74) is -0.382. The van der Waals surface area contributed by atoms with E-state index in [9.17, 15) is 24.0 Å². The molecule has 3 aliphatic rings. The van der Waals surface area contributed by atoms with Gasteiger partial charge in [-0.3, -0.25) is 24.0 Å². The first-order valence-electron chi connectivity index (χ1n) is 14.1. The van der Waals surface area contributed by atoms with Crippen molar-refractivity contribution in [3.8, 4) is 0 Å². The number of carbonyl (C=O) groups is 5. The molecule has 4 amide bonds. The highest BCUT2D eigenvalue weighted by Gasteiger charge is 2.43. The molecule has 0 aliphatic carbocycles. The molecule has 212 valence electrons. The molecule has 0 bridgehead atoms. The van der Waals surface area contributed by atoms with Crippen LogP contribution in [0.2, 0.25) is 0 Å². The quantitative estimate of drug-likeness (QED) is 0.303. The summed E-state index contributed by atoms with van der Waals surface area (Å²) in [7, 11) is 0. The number of nitrogens with one attached hydrogen (secondary N) is 3. The van der Waals surface area contributed by atoms with Crippen LogP contribution in [0.15, 0.2) is 30.3 Å². The van der Waals surface area contributed by atoms with Crippen molar-refractivity contribution in [2.24, 2.45) is 0 Å². The summed E-state index contributed by atoms with van der Waals surface area (Å²) in [5.74, 6) is -1.41. The minimum Gasteiger partial charge on any atom is -0.365 e. The number of ether oxygens (including phenoxy) is 1. The Kier molecular flexibility index (Phi) is 9.37. The predicted octanol–water partition coefficient (Wildman–Crippen LogP) is 1.41. The van der Waals surface area contributed by atoms with Gasteiger partial charge in [-0.2, -0.15) is 0 Å². The molecule has 1 aromatic rings. The summed E-state index contributed by atoms with van der Waals surface area (Å²) in [6.45, 7) is 4.35. The number of carbonyl (C=O) groups excluding carboxylic acids is 5. The first kappa shape index (κ1) is 28.7. The van der Waals surface area contributed by atoms with Crippen LogP contribution >= 0.6 is 0 Å². The molecular weight excluding hydrogens is 500 g/mol. The molecule has 0 aromatic heterocycles. The van der Waals surface area contributed by atoms with Gasteiger partial charge in [0.2, 0.25) is 23.6 Å². The van der Waals surface area contributed by atoms with E-state index < -0.39 is 35.5 Å². The van der Waals surface area contributed by atoms with Gasteiger partial charge in [0.25, 0.3) is 0 Å². The molecule has 5 unspecified atom stereocenters. The highest BCUT2D eigenvalue weighted by molar-refractivity contribution is 5.99. The van der Waals surface area contributed by atoms with Crippen LogP contribution in [0.3, 0.4) is 0 Å². The molecule has 39 heavy (non-hydrogen) atoms. The van der Waals surface area contributed by atoms with Gasteiger partial charge in [0.15, 0.2) is 5.78 Å². The van der Waals surface area contributed by atoms with E-state index in [0.717, 1.165) is 12.0 Å². The van der Waals surface area contributed by atoms with E-state index in [1.165, 1.54) is 0 Å². The van der Waals surface area contributed by atoms with Crippen LogP contribution in [0.5, 0.6) is 0 Å². The minimum atomic E-state index is -1.27. The Labute approximate surface area is 229 Å². The van der Waals surface area contributed by atoms with Gasteiger partial charge in [-0.15, -0.1) is 0 Å². The van der Waals surface area contributed by atoms with E-state index >= 15 is 0 Å². The molecule has 5 atom stereocenters. The number of fused-ring (bicyclic) bond motifs is 1. The van der Waals surface area contributed by atoms with Crippen molar-refractivity contribution < 1.29 is 28.7 Å². The molecule has 3 aliphatic heterocycles. The predicted molar refractivity (Wildman–Crippen MR) is 143 cm³/mol. The number of epoxide rings is 1. The fraction of sp³-hybridized carbons (Fsp3) is 0.621. The molecule has 10 nitrogen and oxygen atoms in total. The van der Waals surface area contributed by atoms with Crippen molar-refractivity contribution in [3.63, 3.8) is 0 Å². The Morgan fingerprint density at radius 1 is 1.03 bits per heavy atom. The standard InChI is InChI=1S/C29H40N4O6/c1-3-29(2)28(38)31-21(17-19-11-6-4-7-12-19)27(37)33-16-10-14-22(33)26(36)30-20(25(35)32-29)13-8-5-9-15-23(34)24-18-39-24/h4,6-7,11-12,20-22,24H,3,5,8-10,13-18H2,1-2H3,(H,30,36)(H,31,38)(H,32,35). The van der Waals surface area contributed by atoms with E-state index in [-0.39, 0.29) is 30.1 Å². The lowest BCUT2D eigenvalue weighted by Gasteiger charge is -2.36. The summed E-state index contributed by atoms with van der Waals surface area (Å²) in [6.07, 6.45) is 4.32. The maximum Gasteiger partial charge on any atom is 0.246 e. The van der Waals surface area contributed by atoms with Crippen LogP contribution in [0, 0.1) is 0 Å². The number of rotatable bonds is 10. The van der Waals surface area contributed by atoms with Crippen molar-refractivity contribution in [1.82, 2.24) is 20.9 Å². The van der Waals surface area contributed by atoms with E-state index in [1.54, 1.807) is 18.7 Å². The van der Waals surface area contributed by atoms with Crippen molar-refractivity contribution in [2.75, 3.05) is 13.2 Å². The van der Waals surface area contributed by atoms with Crippen LogP contribution in [0.4, 0.5) is 0 Å². The Hall–Kier alpha value is -3.27. The fourth-order valence-corrected chi connectivity index (χ4v) is 5.29. The summed E-state index contributed by atoms with van der Waals surface area (Å²) in [5, 5.41) is 8.65. The topological polar surface area (TPSA) is 137 Å². The number of nitrogens with zero attached hydrogens (tertiary/aromatic N) is 1. The normalized spacial score (nSPS) is 29.4. The molecule has 3 fully saturated rings. The van der Waals surface area contributed by atoms with Gasteiger partial charge in [0.05, 0.1) is 6.61 Å². The zero-order valence-electron chi connectivity index (χ0n) is 22.9. The van der Waals surface area contributed by atoms with Gasteiger partial charge in [0, 0.05) is 19.4 Å². The third-order valence-corrected chi connectivity index (χ3v) is 8.07. The van der Waals surface area contributed by atoms with E-state index in [1.807, 2.05) is 30.3 Å². The molecule has 3 heterocycles. The van der Waals surface area contributed by atoms with Gasteiger partial charge >= 0.3 is 0 Å². The van der Waals surface area contributed by atoms with Crippen LogP contribution in [-0.2, 0) is 35.1 Å². The Balaban J connectivity index is 1.51. The lowest BCUT2D eigenvalue weighted by Crippen LogP contribution is -2.65. The molecule has 1 aromatic carbocycles. The maximum absolute atomic E-state index is 13.7. The highest BCUT2D eigenvalue weighted by atomic mass is 16.6. The average Bonchev–Trinajstić information content (AvgIpc) is 3.67. The SMILES string of the molecule is CCC1(C)NC(=O)C(CCCCCC(=O)C2CO2)NC(=O)C2CCCN2C(=O)C(Cc2ccccc2)NC1=O. The lowest BCUT2D eigenvalue weighted by molar-refractivity contribution is -0.144. The van der Waals surface area contributed by atoms with Crippen LogP contribution < -0.4 is 16.0 Å². The number of benzene rings is 1. The smallest absolute Gasteiger partial charge is 0.246 e. The third-order valence-electron chi connectivity index (χ3n) is 8.07. The number of ketones is 1. The summed E-state index contributed by atoms with van der Waals surface area (Å²) in [6, 6.07) is 7.00. The third kappa shape index (κ3) is 7.23. The first-order valence-corrected chi connectivity index (χ1v) is 14.1. The minimum absolute atomic E-state index is 0.105. The summed E-state index contributed by atoms with van der Waals surface area (Å²) >= 11 is 0. The molecule has 4 rings (SSSR count). The zero-order valence-corrected chi connectivity index (χ0v) is 22.9. The fourth-order valence-electron chi connectivity index (χ4n) is 5.29. The zero-order chi connectivity index (χ0) is 28.0. The van der Waals surface area contributed by atoms with Crippen molar-refractivity contribution in [2.45, 2.75) is 101 Å². The van der Waals surface area contributed by atoms with E-state index in [4.69, 9.17) is 4.74 Å². The lowest BCUT2D eigenvalue weighted by atomic mass is 9.94. The molecule has 10 heteroatoms. The number of hydrogen-bond acceptors (Lipinski definition) is 6. The van der Waals surface area contributed by atoms with E-state index in [0.29, 0.717) is 58.1 Å². The molecular formula is C29H40N4O6. The average molecular weight is 541 g/mol. The Morgan fingerprint density at radius 2 is 1.77 bits per heavy atom. The monoisotopic (exact) mass is 540 g/mol. The second-order valence-electron chi connectivity index (χ2n) is 11.0. The second kappa shape index (κ2) is 12.7. The molecule has 3 N–H and O–H groups in total. The number of unbranched alkanes of at least 4 members (excludes halogenated alkanes) is 2.